The van der Waals surface area contributed by atoms with Crippen molar-refractivity contribution in [1.29, 1.82) is 0 Å². The Morgan fingerprint density at radius 2 is 1.24 bits per heavy atom. The Balaban J connectivity index is 1.12. The fourth-order valence-electron chi connectivity index (χ4n) is 7.73. The SMILES string of the molecule is Cc1c(-c2ccc(OC3CCCC3)cc2)n(Cc2ccc(OCCN3CCCCCC3)cc2)c2ccc(OC3CCCC3)cc12. The van der Waals surface area contributed by atoms with Gasteiger partial charge < -0.3 is 18.8 Å². The number of nitrogens with zero attached hydrogens (tertiary/aromatic N) is 2. The highest BCUT2D eigenvalue weighted by atomic mass is 16.5. The lowest BCUT2D eigenvalue weighted by Crippen LogP contribution is -2.29. The van der Waals surface area contributed by atoms with E-state index < -0.39 is 0 Å². The van der Waals surface area contributed by atoms with Gasteiger partial charge in [-0.1, -0.05) is 25.0 Å². The molecule has 1 aromatic heterocycles. The van der Waals surface area contributed by atoms with Crippen LogP contribution in [0.1, 0.15) is 88.2 Å². The van der Waals surface area contributed by atoms with Crippen molar-refractivity contribution in [2.75, 3.05) is 26.2 Å². The Kier molecular flexibility index (Phi) is 9.62. The third kappa shape index (κ3) is 7.35. The van der Waals surface area contributed by atoms with E-state index in [2.05, 4.69) is 83.1 Å². The van der Waals surface area contributed by atoms with Crippen molar-refractivity contribution in [2.24, 2.45) is 0 Å². The second-order valence-electron chi connectivity index (χ2n) is 13.6. The lowest BCUT2D eigenvalue weighted by molar-refractivity contribution is 0.210. The van der Waals surface area contributed by atoms with Gasteiger partial charge in [-0.3, -0.25) is 4.90 Å². The number of ether oxygens (including phenoxy) is 3. The molecule has 0 amide bonds. The molecule has 2 saturated carbocycles. The highest BCUT2D eigenvalue weighted by Gasteiger charge is 2.21. The minimum Gasteiger partial charge on any atom is -0.492 e. The molecule has 0 spiro atoms. The number of aryl methyl sites for hydroxylation is 1. The van der Waals surface area contributed by atoms with Crippen LogP contribution < -0.4 is 14.2 Å². The van der Waals surface area contributed by atoms with Crippen LogP contribution in [0, 0.1) is 6.92 Å². The second kappa shape index (κ2) is 14.3. The fourth-order valence-corrected chi connectivity index (χ4v) is 7.73. The van der Waals surface area contributed by atoms with E-state index in [4.69, 9.17) is 14.2 Å². The third-order valence-electron chi connectivity index (χ3n) is 10.3. The maximum Gasteiger partial charge on any atom is 0.120 e. The van der Waals surface area contributed by atoms with Gasteiger partial charge in [0, 0.05) is 24.0 Å². The number of rotatable bonds is 11. The van der Waals surface area contributed by atoms with Gasteiger partial charge in [-0.05, 0) is 156 Å². The molecule has 1 aliphatic heterocycles. The maximum atomic E-state index is 6.44. The highest BCUT2D eigenvalue weighted by Crippen LogP contribution is 2.38. The van der Waals surface area contributed by atoms with Crippen LogP contribution in [0.2, 0.25) is 0 Å². The van der Waals surface area contributed by atoms with Crippen molar-refractivity contribution in [1.82, 2.24) is 9.47 Å². The standard InChI is InChI=1S/C40H50N2O3/c1-30-38-28-37(45-35-12-6-7-13-35)22-23-39(38)42(40(30)32-16-20-36(21-17-32)44-34-10-4-5-11-34)29-31-14-18-33(19-15-31)43-27-26-41-24-8-2-3-9-25-41/h14-23,28,34-35H,2-13,24-27,29H2,1H3. The Labute approximate surface area is 269 Å². The molecular formula is C40H50N2O3. The molecule has 3 aromatic carbocycles. The topological polar surface area (TPSA) is 35.9 Å². The molecule has 2 aliphatic carbocycles. The van der Waals surface area contributed by atoms with Gasteiger partial charge >= 0.3 is 0 Å². The average Bonchev–Trinajstić information content (AvgIpc) is 3.78. The van der Waals surface area contributed by atoms with Crippen LogP contribution >= 0.6 is 0 Å². The number of aromatic nitrogens is 1. The molecular weight excluding hydrogens is 556 g/mol. The summed E-state index contributed by atoms with van der Waals surface area (Å²) >= 11 is 0. The van der Waals surface area contributed by atoms with Crippen molar-refractivity contribution in [3.8, 4) is 28.5 Å². The summed E-state index contributed by atoms with van der Waals surface area (Å²) in [6, 6.07) is 24.2. The third-order valence-corrected chi connectivity index (χ3v) is 10.3. The van der Waals surface area contributed by atoms with E-state index in [-0.39, 0.29) is 0 Å². The van der Waals surface area contributed by atoms with Gasteiger partial charge in [-0.25, -0.2) is 0 Å². The van der Waals surface area contributed by atoms with Crippen molar-refractivity contribution in [3.63, 3.8) is 0 Å². The fraction of sp³-hybridized carbons (Fsp3) is 0.500. The Morgan fingerprint density at radius 3 is 1.91 bits per heavy atom. The van der Waals surface area contributed by atoms with Crippen LogP contribution in [-0.4, -0.2) is 47.9 Å². The molecule has 3 fully saturated rings. The molecule has 3 aliphatic rings. The summed E-state index contributed by atoms with van der Waals surface area (Å²) in [5.41, 5.74) is 6.27. The van der Waals surface area contributed by atoms with E-state index in [1.807, 2.05) is 0 Å². The monoisotopic (exact) mass is 606 g/mol. The molecule has 0 N–H and O–H groups in total. The van der Waals surface area contributed by atoms with Gasteiger partial charge in [-0.2, -0.15) is 0 Å². The number of fused-ring (bicyclic) bond motifs is 1. The normalized spacial score (nSPS) is 18.4. The van der Waals surface area contributed by atoms with Crippen molar-refractivity contribution in [2.45, 2.75) is 103 Å². The zero-order valence-electron chi connectivity index (χ0n) is 27.1. The molecule has 5 nitrogen and oxygen atoms in total. The molecule has 5 heteroatoms. The van der Waals surface area contributed by atoms with E-state index >= 15 is 0 Å². The zero-order valence-corrected chi connectivity index (χ0v) is 27.1. The summed E-state index contributed by atoms with van der Waals surface area (Å²) in [5, 5.41) is 1.26. The molecule has 7 rings (SSSR count). The molecule has 0 radical (unpaired) electrons. The first-order chi connectivity index (χ1) is 22.2. The molecule has 1 saturated heterocycles. The number of hydrogen-bond acceptors (Lipinski definition) is 4. The largest absolute Gasteiger partial charge is 0.492 e. The molecule has 0 unspecified atom stereocenters. The second-order valence-corrected chi connectivity index (χ2v) is 13.6. The van der Waals surface area contributed by atoms with Crippen molar-refractivity contribution in [3.05, 3.63) is 77.9 Å². The molecule has 0 atom stereocenters. The van der Waals surface area contributed by atoms with Crippen LogP contribution in [-0.2, 0) is 6.54 Å². The Hall–Kier alpha value is -3.44. The minimum atomic E-state index is 0.349. The number of likely N-dealkylation sites (tertiary alicyclic amines) is 1. The van der Waals surface area contributed by atoms with E-state index in [1.165, 1.54) is 111 Å². The van der Waals surface area contributed by atoms with E-state index in [0.717, 1.165) is 49.8 Å². The first-order valence-electron chi connectivity index (χ1n) is 17.7. The minimum absolute atomic E-state index is 0.349. The van der Waals surface area contributed by atoms with Crippen LogP contribution in [0.15, 0.2) is 66.7 Å². The summed E-state index contributed by atoms with van der Waals surface area (Å²) in [5.74, 6) is 2.92. The molecule has 0 bridgehead atoms. The van der Waals surface area contributed by atoms with Gasteiger partial charge in [0.15, 0.2) is 0 Å². The predicted molar refractivity (Wildman–Crippen MR) is 184 cm³/mol. The van der Waals surface area contributed by atoms with Gasteiger partial charge in [0.25, 0.3) is 0 Å². The van der Waals surface area contributed by atoms with Crippen LogP contribution in [0.5, 0.6) is 17.2 Å². The first-order valence-corrected chi connectivity index (χ1v) is 17.7. The van der Waals surface area contributed by atoms with Crippen molar-refractivity contribution < 1.29 is 14.2 Å². The van der Waals surface area contributed by atoms with Crippen LogP contribution in [0.4, 0.5) is 0 Å². The summed E-state index contributed by atoms with van der Waals surface area (Å²) in [6.45, 7) is 7.22. The number of benzene rings is 3. The Morgan fingerprint density at radius 1 is 0.644 bits per heavy atom. The zero-order chi connectivity index (χ0) is 30.4. The highest BCUT2D eigenvalue weighted by molar-refractivity contribution is 5.92. The molecule has 2 heterocycles. The predicted octanol–water partition coefficient (Wildman–Crippen LogP) is 9.56. The van der Waals surface area contributed by atoms with Crippen LogP contribution in [0.25, 0.3) is 22.2 Å². The summed E-state index contributed by atoms with van der Waals surface area (Å²) < 4.78 is 21.4. The maximum absolute atomic E-state index is 6.44. The molecule has 238 valence electrons. The summed E-state index contributed by atoms with van der Waals surface area (Å²) in [4.78, 5) is 2.56. The molecule has 45 heavy (non-hydrogen) atoms. The quantitative estimate of drug-likeness (QED) is 0.170. The van der Waals surface area contributed by atoms with Gasteiger partial charge in [0.05, 0.1) is 17.9 Å². The van der Waals surface area contributed by atoms with Crippen molar-refractivity contribution >= 4 is 10.9 Å². The number of hydrogen-bond donors (Lipinski definition) is 0. The summed E-state index contributed by atoms with van der Waals surface area (Å²) in [6.07, 6.45) is 15.8. The van der Waals surface area contributed by atoms with E-state index in [1.54, 1.807) is 0 Å². The Bertz CT molecular complexity index is 1520. The smallest absolute Gasteiger partial charge is 0.120 e. The van der Waals surface area contributed by atoms with Crippen LogP contribution in [0.3, 0.4) is 0 Å². The molecule has 4 aromatic rings. The average molecular weight is 607 g/mol. The lowest BCUT2D eigenvalue weighted by Gasteiger charge is -2.19. The lowest BCUT2D eigenvalue weighted by atomic mass is 10.1. The van der Waals surface area contributed by atoms with E-state index in [9.17, 15) is 0 Å². The van der Waals surface area contributed by atoms with Gasteiger partial charge in [-0.15, -0.1) is 0 Å². The van der Waals surface area contributed by atoms with Gasteiger partial charge in [0.1, 0.15) is 23.9 Å². The van der Waals surface area contributed by atoms with E-state index in [0.29, 0.717) is 12.2 Å². The van der Waals surface area contributed by atoms with Gasteiger partial charge in [0.2, 0.25) is 0 Å². The summed E-state index contributed by atoms with van der Waals surface area (Å²) in [7, 11) is 0. The first kappa shape index (κ1) is 30.2.